The number of nitrogens with one attached hydrogen (secondary N) is 2. The van der Waals surface area contributed by atoms with Gasteiger partial charge in [-0.1, -0.05) is 35.4 Å². The number of carboxylic acids is 1. The number of fused-ring (bicyclic) bond motifs is 1. The van der Waals surface area contributed by atoms with Crippen LogP contribution in [0.5, 0.6) is 0 Å². The molecule has 5 N–H and O–H groups in total. The molecule has 2 amide bonds. The van der Waals surface area contributed by atoms with Gasteiger partial charge in [-0.25, -0.2) is 9.97 Å². The van der Waals surface area contributed by atoms with Crippen molar-refractivity contribution in [2.75, 3.05) is 25.1 Å². The predicted molar refractivity (Wildman–Crippen MR) is 132 cm³/mol. The molecule has 0 bridgehead atoms. The van der Waals surface area contributed by atoms with Crippen LogP contribution >= 0.6 is 47.5 Å². The highest BCUT2D eigenvalue weighted by Crippen LogP contribution is 2.47. The zero-order valence-electron chi connectivity index (χ0n) is 18.6. The number of carbonyl (C=O) groups excluding carboxylic acids is 2. The number of β-lactam (4-membered cyclic amide) rings is 1. The van der Waals surface area contributed by atoms with Crippen molar-refractivity contribution < 1.29 is 24.3 Å². The second kappa shape index (κ2) is 11.0. The van der Waals surface area contributed by atoms with E-state index in [-0.39, 0.29) is 47.2 Å². The van der Waals surface area contributed by atoms with Crippen molar-refractivity contribution in [1.29, 1.82) is 0 Å². The molecule has 194 valence electrons. The van der Waals surface area contributed by atoms with Crippen LogP contribution in [0.4, 0.5) is 5.95 Å². The van der Waals surface area contributed by atoms with Gasteiger partial charge in [-0.15, -0.1) is 34.4 Å². The van der Waals surface area contributed by atoms with E-state index < -0.39 is 39.9 Å². The number of hydrogen-bond donors (Lipinski definition) is 4. The number of carbonyl (C=O) groups is 3. The predicted octanol–water partition coefficient (Wildman–Crippen LogP) is -0.351. The molecule has 2 fully saturated rings. The number of oxime groups is 1. The SMILES string of the molecule is CON=C(C(=O)NC1C(=O)N2CC(C(=O)O)(C(C)Sc3nn[nH]n3)CS[C@H]12)c1cc(Cl)nc(N)n1.Cl. The number of amides is 2. The van der Waals surface area contributed by atoms with Gasteiger partial charge in [0.25, 0.3) is 5.91 Å². The molecule has 4 rings (SSSR count). The number of anilines is 1. The fraction of sp³-hybridized carbons (Fsp3) is 0.471. The van der Waals surface area contributed by atoms with E-state index in [4.69, 9.17) is 22.2 Å². The van der Waals surface area contributed by atoms with Crippen molar-refractivity contribution in [2.24, 2.45) is 10.6 Å². The number of nitrogens with two attached hydrogens (primary N) is 1. The minimum Gasteiger partial charge on any atom is -0.481 e. The fourth-order valence-electron chi connectivity index (χ4n) is 3.68. The molecule has 15 nitrogen and oxygen atoms in total. The smallest absolute Gasteiger partial charge is 0.313 e. The number of nitrogen functional groups attached to an aromatic ring is 1. The Morgan fingerprint density at radius 2 is 2.25 bits per heavy atom. The van der Waals surface area contributed by atoms with Crippen molar-refractivity contribution >= 4 is 77.0 Å². The van der Waals surface area contributed by atoms with Crippen molar-refractivity contribution in [3.63, 3.8) is 0 Å². The van der Waals surface area contributed by atoms with Crippen LogP contribution in [-0.2, 0) is 19.2 Å². The molecule has 0 aromatic carbocycles. The molecule has 2 aromatic heterocycles. The maximum atomic E-state index is 12.9. The first-order valence-corrected chi connectivity index (χ1v) is 12.2. The summed E-state index contributed by atoms with van der Waals surface area (Å²) in [6, 6.07) is 0.389. The quantitative estimate of drug-likeness (QED) is 0.104. The minimum absolute atomic E-state index is 0. The summed E-state index contributed by atoms with van der Waals surface area (Å²) in [5.74, 6) is -2.17. The third-order valence-corrected chi connectivity index (χ3v) is 8.49. The summed E-state index contributed by atoms with van der Waals surface area (Å²) in [4.78, 5) is 52.0. The van der Waals surface area contributed by atoms with Crippen LogP contribution in [0.15, 0.2) is 16.4 Å². The average molecular weight is 579 g/mol. The molecule has 19 heteroatoms. The molecular weight excluding hydrogens is 559 g/mol. The van der Waals surface area contributed by atoms with Gasteiger partial charge < -0.3 is 25.9 Å². The molecule has 2 saturated heterocycles. The van der Waals surface area contributed by atoms with Crippen molar-refractivity contribution in [1.82, 2.24) is 40.8 Å². The van der Waals surface area contributed by atoms with Gasteiger partial charge in [0.05, 0.1) is 0 Å². The number of aromatic nitrogens is 6. The lowest BCUT2D eigenvalue weighted by atomic mass is 9.84. The summed E-state index contributed by atoms with van der Waals surface area (Å²) in [5, 5.41) is 29.3. The summed E-state index contributed by atoms with van der Waals surface area (Å²) in [5.41, 5.74) is 4.11. The van der Waals surface area contributed by atoms with Crippen LogP contribution in [0.2, 0.25) is 5.15 Å². The highest BCUT2D eigenvalue weighted by molar-refractivity contribution is 8.01. The third-order valence-electron chi connectivity index (χ3n) is 5.56. The molecule has 4 atom stereocenters. The van der Waals surface area contributed by atoms with Gasteiger partial charge in [0.1, 0.15) is 34.8 Å². The fourth-order valence-corrected chi connectivity index (χ4v) is 6.62. The second-order valence-corrected chi connectivity index (χ2v) is 10.4. The van der Waals surface area contributed by atoms with Gasteiger partial charge in [-0.3, -0.25) is 14.4 Å². The maximum absolute atomic E-state index is 12.9. The minimum atomic E-state index is -1.25. The van der Waals surface area contributed by atoms with E-state index in [1.807, 2.05) is 0 Å². The molecule has 0 spiro atoms. The molecule has 2 aliphatic heterocycles. The van der Waals surface area contributed by atoms with E-state index in [0.29, 0.717) is 5.16 Å². The van der Waals surface area contributed by atoms with E-state index in [0.717, 1.165) is 11.8 Å². The largest absolute Gasteiger partial charge is 0.481 e. The van der Waals surface area contributed by atoms with Crippen LogP contribution in [0.1, 0.15) is 12.6 Å². The van der Waals surface area contributed by atoms with E-state index >= 15 is 0 Å². The molecular formula is C17H20Cl2N10O5S2. The first-order valence-electron chi connectivity index (χ1n) is 9.94. The van der Waals surface area contributed by atoms with Crippen molar-refractivity contribution in [3.8, 4) is 0 Å². The van der Waals surface area contributed by atoms with E-state index in [9.17, 15) is 19.5 Å². The van der Waals surface area contributed by atoms with Gasteiger partial charge in [0.2, 0.25) is 17.0 Å². The number of tetrazole rings is 1. The molecule has 3 unspecified atom stereocenters. The highest BCUT2D eigenvalue weighted by atomic mass is 35.5. The van der Waals surface area contributed by atoms with Crippen LogP contribution < -0.4 is 11.1 Å². The van der Waals surface area contributed by atoms with Gasteiger partial charge in [-0.2, -0.15) is 5.21 Å². The Bertz CT molecular complexity index is 1170. The maximum Gasteiger partial charge on any atom is 0.313 e. The molecule has 2 aromatic rings. The lowest BCUT2D eigenvalue weighted by Crippen LogP contribution is -2.74. The Labute approximate surface area is 223 Å². The van der Waals surface area contributed by atoms with Crippen molar-refractivity contribution in [2.45, 2.75) is 28.7 Å². The molecule has 4 heterocycles. The topological polar surface area (TPSA) is 215 Å². The molecule has 2 aliphatic rings. The summed E-state index contributed by atoms with van der Waals surface area (Å²) in [6.45, 7) is 1.71. The van der Waals surface area contributed by atoms with Gasteiger partial charge in [0, 0.05) is 23.6 Å². The summed E-state index contributed by atoms with van der Waals surface area (Å²) < 4.78 is 0. The Hall–Kier alpha value is -2.89. The number of aromatic amines is 1. The molecule has 0 saturated carbocycles. The summed E-state index contributed by atoms with van der Waals surface area (Å²) in [7, 11) is 1.24. The van der Waals surface area contributed by atoms with Gasteiger partial charge >= 0.3 is 5.97 Å². The number of thioether (sulfide) groups is 2. The number of carboxylic acid groups (broad SMARTS) is 1. The Morgan fingerprint density at radius 3 is 2.86 bits per heavy atom. The van der Waals surface area contributed by atoms with Crippen LogP contribution in [0, 0.1) is 5.41 Å². The lowest BCUT2D eigenvalue weighted by molar-refractivity contribution is -0.158. The van der Waals surface area contributed by atoms with Crippen molar-refractivity contribution in [3.05, 3.63) is 16.9 Å². The zero-order valence-corrected chi connectivity index (χ0v) is 21.8. The van der Waals surface area contributed by atoms with E-state index in [2.05, 4.69) is 41.1 Å². The second-order valence-electron chi connectivity index (χ2n) is 7.59. The van der Waals surface area contributed by atoms with Gasteiger partial charge in [-0.05, 0) is 5.21 Å². The molecule has 0 aliphatic carbocycles. The average Bonchev–Trinajstić information content (AvgIpc) is 3.32. The Balaban J connectivity index is 0.00000361. The summed E-state index contributed by atoms with van der Waals surface area (Å²) >= 11 is 8.31. The normalized spacial score (nSPS) is 24.1. The Morgan fingerprint density at radius 1 is 1.50 bits per heavy atom. The monoisotopic (exact) mass is 578 g/mol. The molecule has 36 heavy (non-hydrogen) atoms. The number of halogens is 2. The number of H-pyrrole nitrogens is 1. The Kier molecular flexibility index (Phi) is 8.48. The summed E-state index contributed by atoms with van der Waals surface area (Å²) in [6.07, 6.45) is 0. The number of hydrogen-bond acceptors (Lipinski definition) is 13. The first-order chi connectivity index (χ1) is 16.7. The number of aliphatic carboxylic acids is 1. The van der Waals surface area contributed by atoms with E-state index in [1.54, 1.807) is 6.92 Å². The standard InChI is InChI=1S/C17H19ClN10O5S2.ClH/c1-6(35-16-23-26-27-24-16)17(14(31)32)4-28-12(30)10(13(28)34-5-17)22-11(29)9(25-33-2)7-3-8(18)21-15(19)20-7;/h3,6,10,13H,4-5H2,1-2H3,(H,22,29)(H,31,32)(H2,19,20,21)(H,23,24,26,27);1H/t6?,10?,13-,17?;/m1./s1. The third kappa shape index (κ3) is 5.14. The number of rotatable bonds is 8. The van der Waals surface area contributed by atoms with Crippen LogP contribution in [0.25, 0.3) is 0 Å². The number of nitrogens with zero attached hydrogens (tertiary/aromatic N) is 7. The zero-order chi connectivity index (χ0) is 25.3. The lowest BCUT2D eigenvalue weighted by Gasteiger charge is -2.54. The molecule has 0 radical (unpaired) electrons. The van der Waals surface area contributed by atoms with Gasteiger partial charge in [0.15, 0.2) is 5.71 Å². The van der Waals surface area contributed by atoms with Crippen LogP contribution in [0.3, 0.4) is 0 Å². The van der Waals surface area contributed by atoms with E-state index in [1.165, 1.54) is 29.8 Å². The highest BCUT2D eigenvalue weighted by Gasteiger charge is 2.59. The van der Waals surface area contributed by atoms with Crippen LogP contribution in [-0.4, -0.2) is 100 Å². The first kappa shape index (κ1) is 27.7.